The smallest absolute Gasteiger partial charge is 0.211 e. The van der Waals surface area contributed by atoms with Gasteiger partial charge in [-0.25, -0.2) is 4.79 Å². The second-order valence-electron chi connectivity index (χ2n) is 2.91. The Labute approximate surface area is 92.8 Å². The summed E-state index contributed by atoms with van der Waals surface area (Å²) in [6.07, 6.45) is 5.87. The van der Waals surface area contributed by atoms with Gasteiger partial charge >= 0.3 is 0 Å². The normalized spacial score (nSPS) is 9.50. The summed E-state index contributed by atoms with van der Waals surface area (Å²) in [5, 5.41) is 3.41. The second-order valence-corrected chi connectivity index (χ2v) is 2.91. The van der Waals surface area contributed by atoms with E-state index in [0.29, 0.717) is 18.7 Å². The molecule has 0 aromatic heterocycles. The van der Waals surface area contributed by atoms with Crippen LogP contribution >= 0.6 is 0 Å². The summed E-state index contributed by atoms with van der Waals surface area (Å²) in [5.74, 6) is 0. The lowest BCUT2D eigenvalue weighted by Crippen LogP contribution is -1.75. The van der Waals surface area contributed by atoms with E-state index < -0.39 is 0 Å². The minimum atomic E-state index is 0.423. The summed E-state index contributed by atoms with van der Waals surface area (Å²) < 4.78 is 0. The van der Waals surface area contributed by atoms with E-state index in [9.17, 15) is 4.79 Å². The summed E-state index contributed by atoms with van der Waals surface area (Å²) in [4.78, 5) is 16.4. The van der Waals surface area contributed by atoms with Gasteiger partial charge in [0.15, 0.2) is 0 Å². The molecule has 0 atom stereocenters. The highest BCUT2D eigenvalue weighted by atomic mass is 16.1. The third-order valence-electron chi connectivity index (χ3n) is 1.86. The zero-order valence-corrected chi connectivity index (χ0v) is 8.58. The maximum Gasteiger partial charge on any atom is 0.240 e. The fourth-order valence-corrected chi connectivity index (χ4v) is 1.17. The zero-order chi connectivity index (χ0) is 11.6. The highest BCUT2D eigenvalue weighted by Gasteiger charge is 1.94. The van der Waals surface area contributed by atoms with Crippen molar-refractivity contribution in [3.05, 3.63) is 46.3 Å². The highest BCUT2D eigenvalue weighted by Crippen LogP contribution is 2.19. The van der Waals surface area contributed by atoms with E-state index in [1.165, 1.54) is 6.08 Å². The number of aliphatic imine (C=N–C) groups is 1. The molecule has 0 aliphatic carbocycles. The third kappa shape index (κ3) is 3.80. The van der Waals surface area contributed by atoms with Crippen LogP contribution in [0.25, 0.3) is 16.5 Å². The zero-order valence-electron chi connectivity index (χ0n) is 8.58. The number of carbonyl (C=O) groups excluding carboxylic acids is 1. The molecule has 0 radical (unpaired) electrons. The topological polar surface area (TPSA) is 78.2 Å². The van der Waals surface area contributed by atoms with Crippen LogP contribution in [-0.4, -0.2) is 12.6 Å². The Morgan fingerprint density at radius 3 is 3.00 bits per heavy atom. The summed E-state index contributed by atoms with van der Waals surface area (Å²) in [6, 6.07) is 7.24. The molecule has 5 heteroatoms. The maximum absolute atomic E-state index is 10.2. The highest BCUT2D eigenvalue weighted by molar-refractivity contribution is 5.66. The summed E-state index contributed by atoms with van der Waals surface area (Å²) in [6.45, 7) is 0.423. The Balaban J connectivity index is 2.72. The van der Waals surface area contributed by atoms with Crippen LogP contribution in [0, 0.1) is 0 Å². The van der Waals surface area contributed by atoms with Crippen LogP contribution in [0.4, 0.5) is 5.69 Å². The van der Waals surface area contributed by atoms with Gasteiger partial charge in [-0.15, -0.1) is 0 Å². The van der Waals surface area contributed by atoms with Gasteiger partial charge < -0.3 is 0 Å². The maximum atomic E-state index is 10.2. The molecule has 0 N–H and O–H groups in total. The molecule has 16 heavy (non-hydrogen) atoms. The summed E-state index contributed by atoms with van der Waals surface area (Å²) in [5.41, 5.74) is 9.49. The molecule has 0 unspecified atom stereocenters. The van der Waals surface area contributed by atoms with Crippen molar-refractivity contribution in [2.45, 2.75) is 6.42 Å². The van der Waals surface area contributed by atoms with E-state index in [1.807, 2.05) is 24.3 Å². The van der Waals surface area contributed by atoms with E-state index in [4.69, 9.17) is 5.53 Å². The van der Waals surface area contributed by atoms with E-state index in [0.717, 1.165) is 5.56 Å². The first-order valence-electron chi connectivity index (χ1n) is 4.73. The Morgan fingerprint density at radius 2 is 2.25 bits per heavy atom. The molecule has 0 aliphatic heterocycles. The van der Waals surface area contributed by atoms with Gasteiger partial charge in [-0.2, -0.15) is 4.99 Å². The van der Waals surface area contributed by atoms with Crippen LogP contribution in [0.5, 0.6) is 0 Å². The van der Waals surface area contributed by atoms with Crippen molar-refractivity contribution in [2.75, 3.05) is 6.54 Å². The number of isocyanates is 1. The Hall–Kier alpha value is -2.35. The lowest BCUT2D eigenvalue weighted by molar-refractivity contribution is 0.565. The predicted molar refractivity (Wildman–Crippen MR) is 61.9 cm³/mol. The van der Waals surface area contributed by atoms with Crippen molar-refractivity contribution in [2.24, 2.45) is 10.1 Å². The molecule has 1 rings (SSSR count). The SMILES string of the molecule is [N-]=[N+]=NCCC=Cc1ccccc1N=C=O. The minimum absolute atomic E-state index is 0.423. The number of hydrogen-bond acceptors (Lipinski definition) is 3. The molecule has 0 amide bonds. The lowest BCUT2D eigenvalue weighted by Gasteiger charge is -1.96. The number of para-hydroxylation sites is 1. The molecule has 0 aliphatic rings. The van der Waals surface area contributed by atoms with Crippen molar-refractivity contribution in [3.63, 3.8) is 0 Å². The minimum Gasteiger partial charge on any atom is -0.211 e. The molecule has 0 bridgehead atoms. The second kappa shape index (κ2) is 7.01. The molecule has 80 valence electrons. The van der Waals surface area contributed by atoms with E-state index >= 15 is 0 Å². The number of rotatable bonds is 5. The van der Waals surface area contributed by atoms with Gasteiger partial charge in [-0.3, -0.25) is 0 Å². The molecule has 1 aromatic carbocycles. The molecule has 0 heterocycles. The fourth-order valence-electron chi connectivity index (χ4n) is 1.17. The standard InChI is InChI=1S/C11H10N4O/c12-15-14-8-4-3-6-10-5-1-2-7-11(10)13-9-16/h1-3,5-7H,4,8H2. The van der Waals surface area contributed by atoms with Crippen LogP contribution in [-0.2, 0) is 4.79 Å². The number of nitrogens with zero attached hydrogens (tertiary/aromatic N) is 4. The molecule has 5 nitrogen and oxygen atoms in total. The van der Waals surface area contributed by atoms with Crippen molar-refractivity contribution in [3.8, 4) is 0 Å². The molecule has 0 fully saturated rings. The number of hydrogen-bond donors (Lipinski definition) is 0. The van der Waals surface area contributed by atoms with E-state index in [1.54, 1.807) is 12.1 Å². The van der Waals surface area contributed by atoms with Gasteiger partial charge in [0.2, 0.25) is 6.08 Å². The molecular formula is C11H10N4O. The van der Waals surface area contributed by atoms with Crippen molar-refractivity contribution >= 4 is 17.8 Å². The average molecular weight is 214 g/mol. The van der Waals surface area contributed by atoms with Crippen LogP contribution < -0.4 is 0 Å². The fraction of sp³-hybridized carbons (Fsp3) is 0.182. The third-order valence-corrected chi connectivity index (χ3v) is 1.86. The van der Waals surface area contributed by atoms with Crippen LogP contribution in [0.1, 0.15) is 12.0 Å². The largest absolute Gasteiger partial charge is 0.240 e. The van der Waals surface area contributed by atoms with Crippen LogP contribution in [0.15, 0.2) is 40.4 Å². The molecule has 0 saturated carbocycles. The number of benzene rings is 1. The van der Waals surface area contributed by atoms with Gasteiger partial charge in [0, 0.05) is 17.0 Å². The number of azide groups is 1. The monoisotopic (exact) mass is 214 g/mol. The Kier molecular flexibility index (Phi) is 5.14. The first-order chi connectivity index (χ1) is 7.88. The summed E-state index contributed by atoms with van der Waals surface area (Å²) >= 11 is 0. The predicted octanol–water partition coefficient (Wildman–Crippen LogP) is 3.37. The van der Waals surface area contributed by atoms with Gasteiger partial charge in [0.1, 0.15) is 0 Å². The van der Waals surface area contributed by atoms with E-state index in [2.05, 4.69) is 15.0 Å². The van der Waals surface area contributed by atoms with Crippen molar-refractivity contribution in [1.82, 2.24) is 0 Å². The summed E-state index contributed by atoms with van der Waals surface area (Å²) in [7, 11) is 0. The molecule has 1 aromatic rings. The van der Waals surface area contributed by atoms with Crippen LogP contribution in [0.2, 0.25) is 0 Å². The first kappa shape index (κ1) is 11.7. The van der Waals surface area contributed by atoms with Crippen molar-refractivity contribution < 1.29 is 4.79 Å². The van der Waals surface area contributed by atoms with Gasteiger partial charge in [0.25, 0.3) is 0 Å². The first-order valence-corrected chi connectivity index (χ1v) is 4.73. The van der Waals surface area contributed by atoms with Crippen molar-refractivity contribution in [1.29, 1.82) is 0 Å². The average Bonchev–Trinajstić information content (AvgIpc) is 2.31. The van der Waals surface area contributed by atoms with Gasteiger partial charge in [0.05, 0.1) is 5.69 Å². The lowest BCUT2D eigenvalue weighted by atomic mass is 10.1. The van der Waals surface area contributed by atoms with Gasteiger partial charge in [-0.1, -0.05) is 35.5 Å². The van der Waals surface area contributed by atoms with E-state index in [-0.39, 0.29) is 0 Å². The Bertz CT molecular complexity index is 469. The quantitative estimate of drug-likeness (QED) is 0.185. The Morgan fingerprint density at radius 1 is 1.44 bits per heavy atom. The molecule has 0 saturated heterocycles. The molecular weight excluding hydrogens is 204 g/mol. The van der Waals surface area contributed by atoms with Gasteiger partial charge in [-0.05, 0) is 18.0 Å². The molecule has 0 spiro atoms. The van der Waals surface area contributed by atoms with Crippen LogP contribution in [0.3, 0.4) is 0 Å².